The van der Waals surface area contributed by atoms with Gasteiger partial charge >= 0.3 is 0 Å². The van der Waals surface area contributed by atoms with Crippen LogP contribution in [0.15, 0.2) is 0 Å². The van der Waals surface area contributed by atoms with Crippen LogP contribution in [0.25, 0.3) is 0 Å². The van der Waals surface area contributed by atoms with Crippen LogP contribution in [0, 0.1) is 34.5 Å². The van der Waals surface area contributed by atoms with Gasteiger partial charge in [-0.2, -0.15) is 0 Å². The number of ketones is 1. The summed E-state index contributed by atoms with van der Waals surface area (Å²) in [7, 11) is 0. The molecule has 4 saturated carbocycles. The van der Waals surface area contributed by atoms with Gasteiger partial charge in [-0.15, -0.1) is 0 Å². The Bertz CT molecular complexity index is 473. The van der Waals surface area contributed by atoms with Crippen molar-refractivity contribution in [1.82, 2.24) is 0 Å². The average Bonchev–Trinajstić information content (AvgIpc) is 2.85. The van der Waals surface area contributed by atoms with Gasteiger partial charge < -0.3 is 10.2 Å². The summed E-state index contributed by atoms with van der Waals surface area (Å²) in [5.41, 5.74) is -0.377. The Morgan fingerprint density at radius 3 is 2.59 bits per heavy atom. The number of aliphatic hydroxyl groups is 2. The van der Waals surface area contributed by atoms with Crippen molar-refractivity contribution in [2.45, 2.75) is 77.4 Å². The highest BCUT2D eigenvalue weighted by molar-refractivity contribution is 5.88. The summed E-state index contributed by atoms with van der Waals surface area (Å²) < 4.78 is 0. The van der Waals surface area contributed by atoms with Gasteiger partial charge in [-0.3, -0.25) is 4.79 Å². The smallest absolute Gasteiger partial charge is 0.164 e. The lowest BCUT2D eigenvalue weighted by molar-refractivity contribution is -0.199. The Labute approximate surface area is 133 Å². The lowest BCUT2D eigenvalue weighted by Gasteiger charge is -2.60. The fourth-order valence-electron chi connectivity index (χ4n) is 7.27. The monoisotopic (exact) mass is 306 g/mol. The predicted octanol–water partition coefficient (Wildman–Crippen LogP) is 3.28. The van der Waals surface area contributed by atoms with Crippen LogP contribution in [-0.2, 0) is 4.79 Å². The third-order valence-corrected chi connectivity index (χ3v) is 8.37. The minimum atomic E-state index is -1.45. The summed E-state index contributed by atoms with van der Waals surface area (Å²) >= 11 is 0. The molecule has 0 unspecified atom stereocenters. The van der Waals surface area contributed by atoms with Crippen molar-refractivity contribution in [3.8, 4) is 0 Å². The predicted molar refractivity (Wildman–Crippen MR) is 83.9 cm³/mol. The average molecular weight is 306 g/mol. The number of rotatable bonds is 1. The van der Waals surface area contributed by atoms with Gasteiger partial charge in [-0.05, 0) is 74.0 Å². The van der Waals surface area contributed by atoms with Crippen LogP contribution in [0.4, 0.5) is 0 Å². The molecule has 0 aromatic carbocycles. The molecule has 0 aromatic heterocycles. The largest absolute Gasteiger partial charge is 0.367 e. The molecule has 6 atom stereocenters. The molecule has 4 aliphatic carbocycles. The Kier molecular flexibility index (Phi) is 3.47. The number of Topliss-reactive ketones (excluding diaryl/α,β-unsaturated/α-hetero) is 1. The molecule has 0 aliphatic heterocycles. The Balaban J connectivity index is 1.68. The fourth-order valence-corrected chi connectivity index (χ4v) is 7.27. The highest BCUT2D eigenvalue weighted by Crippen LogP contribution is 2.66. The van der Waals surface area contributed by atoms with Gasteiger partial charge in [-0.1, -0.05) is 19.8 Å². The minimum Gasteiger partial charge on any atom is -0.367 e. The second kappa shape index (κ2) is 5.04. The molecular weight excluding hydrogens is 276 g/mol. The van der Waals surface area contributed by atoms with Crippen molar-refractivity contribution >= 4 is 5.78 Å². The maximum atomic E-state index is 12.5. The standard InChI is InChI=1S/C19H30O3/c1-18-10-3-2-4-12(18)5-6-13-14(18)9-11-19(17(21)22)15(13)7-8-16(19)20/h12-15,17,21-22H,2-11H2,1H3/t12-,13-,14+,15+,18+,19-/m1/s1. The second-order valence-corrected chi connectivity index (χ2v) is 8.82. The van der Waals surface area contributed by atoms with E-state index in [1.165, 1.54) is 38.5 Å². The van der Waals surface area contributed by atoms with Gasteiger partial charge in [0.25, 0.3) is 0 Å². The third kappa shape index (κ3) is 1.78. The molecular formula is C19H30O3. The minimum absolute atomic E-state index is 0.127. The number of hydrogen-bond donors (Lipinski definition) is 2. The van der Waals surface area contributed by atoms with E-state index >= 15 is 0 Å². The normalized spacial score (nSPS) is 51.4. The van der Waals surface area contributed by atoms with Crippen molar-refractivity contribution < 1.29 is 15.0 Å². The van der Waals surface area contributed by atoms with E-state index in [1.807, 2.05) is 0 Å². The molecule has 3 heteroatoms. The van der Waals surface area contributed by atoms with E-state index in [2.05, 4.69) is 6.92 Å². The van der Waals surface area contributed by atoms with E-state index in [1.54, 1.807) is 0 Å². The first-order valence-electron chi connectivity index (χ1n) is 9.39. The van der Waals surface area contributed by atoms with E-state index in [-0.39, 0.29) is 11.7 Å². The SMILES string of the molecule is C[C@]12CCCC[C@@H]1CC[C@@H]1[C@@H]2CC[C@]2(C(O)O)C(=O)CC[C@@H]12. The number of carbonyl (C=O) groups is 1. The molecule has 124 valence electrons. The van der Waals surface area contributed by atoms with E-state index in [0.717, 1.165) is 18.8 Å². The van der Waals surface area contributed by atoms with Crippen LogP contribution >= 0.6 is 0 Å². The molecule has 0 bridgehead atoms. The molecule has 4 rings (SSSR count). The molecule has 0 aromatic rings. The summed E-state index contributed by atoms with van der Waals surface area (Å²) in [6.45, 7) is 2.51. The Morgan fingerprint density at radius 2 is 1.82 bits per heavy atom. The summed E-state index contributed by atoms with van der Waals surface area (Å²) in [6, 6.07) is 0. The zero-order chi connectivity index (χ0) is 15.5. The number of fused-ring (bicyclic) bond motifs is 5. The summed E-state index contributed by atoms with van der Waals surface area (Å²) in [4.78, 5) is 12.5. The Hall–Kier alpha value is -0.410. The molecule has 0 saturated heterocycles. The van der Waals surface area contributed by atoms with Gasteiger partial charge in [-0.25, -0.2) is 0 Å². The van der Waals surface area contributed by atoms with Crippen LogP contribution in [0.5, 0.6) is 0 Å². The second-order valence-electron chi connectivity index (χ2n) is 8.82. The Morgan fingerprint density at radius 1 is 1.00 bits per heavy atom. The van der Waals surface area contributed by atoms with Crippen molar-refractivity contribution in [3.63, 3.8) is 0 Å². The molecule has 2 N–H and O–H groups in total. The number of aliphatic hydroxyl groups excluding tert-OH is 1. The van der Waals surface area contributed by atoms with E-state index in [0.29, 0.717) is 30.1 Å². The van der Waals surface area contributed by atoms with Gasteiger partial charge in [0, 0.05) is 6.42 Å². The van der Waals surface area contributed by atoms with Crippen molar-refractivity contribution in [2.75, 3.05) is 0 Å². The quantitative estimate of drug-likeness (QED) is 0.731. The maximum Gasteiger partial charge on any atom is 0.164 e. The maximum absolute atomic E-state index is 12.5. The highest BCUT2D eigenvalue weighted by atomic mass is 16.5. The molecule has 0 spiro atoms. The zero-order valence-corrected chi connectivity index (χ0v) is 13.8. The lowest BCUT2D eigenvalue weighted by atomic mass is 9.45. The fraction of sp³-hybridized carbons (Fsp3) is 0.947. The van der Waals surface area contributed by atoms with Gasteiger partial charge in [0.05, 0.1) is 5.41 Å². The van der Waals surface area contributed by atoms with Gasteiger partial charge in [0.2, 0.25) is 0 Å². The zero-order valence-electron chi connectivity index (χ0n) is 13.8. The molecule has 0 heterocycles. The first-order valence-corrected chi connectivity index (χ1v) is 9.39. The van der Waals surface area contributed by atoms with Crippen molar-refractivity contribution in [2.24, 2.45) is 34.5 Å². The van der Waals surface area contributed by atoms with E-state index in [4.69, 9.17) is 0 Å². The van der Waals surface area contributed by atoms with Gasteiger partial charge in [0.1, 0.15) is 5.78 Å². The van der Waals surface area contributed by atoms with E-state index in [9.17, 15) is 15.0 Å². The van der Waals surface area contributed by atoms with E-state index < -0.39 is 11.7 Å². The van der Waals surface area contributed by atoms with Crippen LogP contribution in [-0.4, -0.2) is 22.3 Å². The summed E-state index contributed by atoms with van der Waals surface area (Å²) in [5.74, 6) is 2.46. The third-order valence-electron chi connectivity index (χ3n) is 8.37. The number of hydrogen-bond acceptors (Lipinski definition) is 3. The first kappa shape index (κ1) is 15.1. The molecule has 3 nitrogen and oxygen atoms in total. The van der Waals surface area contributed by atoms with Crippen LogP contribution < -0.4 is 0 Å². The molecule has 0 amide bonds. The molecule has 22 heavy (non-hydrogen) atoms. The first-order chi connectivity index (χ1) is 10.5. The van der Waals surface area contributed by atoms with Crippen LogP contribution in [0.2, 0.25) is 0 Å². The topological polar surface area (TPSA) is 57.5 Å². The lowest BCUT2D eigenvalue weighted by Crippen LogP contribution is -2.56. The molecule has 0 radical (unpaired) electrons. The molecule has 4 aliphatic rings. The van der Waals surface area contributed by atoms with Crippen LogP contribution in [0.1, 0.15) is 71.1 Å². The van der Waals surface area contributed by atoms with Crippen molar-refractivity contribution in [3.05, 3.63) is 0 Å². The highest BCUT2D eigenvalue weighted by Gasteiger charge is 2.63. The molecule has 4 fully saturated rings. The summed E-state index contributed by atoms with van der Waals surface area (Å²) in [6.07, 6.45) is 9.69. The summed E-state index contributed by atoms with van der Waals surface area (Å²) in [5, 5.41) is 20.1. The number of carbonyl (C=O) groups excluding carboxylic acids is 1. The van der Waals surface area contributed by atoms with Gasteiger partial charge in [0.15, 0.2) is 6.29 Å². The van der Waals surface area contributed by atoms with Crippen LogP contribution in [0.3, 0.4) is 0 Å². The van der Waals surface area contributed by atoms with Crippen molar-refractivity contribution in [1.29, 1.82) is 0 Å².